The maximum Gasteiger partial charge on any atom is 0.407 e. The number of nitrogens with one attached hydrogen (secondary N) is 2. The van der Waals surface area contributed by atoms with E-state index in [0.717, 1.165) is 45.6 Å². The number of nitrogens with zero attached hydrogens (tertiary/aromatic N) is 3. The number of benzene rings is 1. The normalized spacial score (nSPS) is 13.5. The predicted molar refractivity (Wildman–Crippen MR) is 138 cm³/mol. The number of hydrogen-bond acceptors (Lipinski definition) is 7. The van der Waals surface area contributed by atoms with E-state index in [-0.39, 0.29) is 0 Å². The number of ether oxygens (including phenoxy) is 2. The molecule has 0 radical (unpaired) electrons. The maximum atomic E-state index is 12.1. The Labute approximate surface area is 208 Å². The van der Waals surface area contributed by atoms with Crippen molar-refractivity contribution in [2.75, 3.05) is 18.5 Å². The van der Waals surface area contributed by atoms with Gasteiger partial charge in [-0.3, -0.25) is 4.57 Å². The van der Waals surface area contributed by atoms with Crippen LogP contribution in [0.2, 0.25) is 0 Å². The first-order valence-corrected chi connectivity index (χ1v) is 12.6. The Morgan fingerprint density at radius 3 is 2.89 bits per heavy atom. The number of carbonyl (C=O) groups is 1. The van der Waals surface area contributed by atoms with Gasteiger partial charge in [-0.25, -0.2) is 9.78 Å². The molecule has 1 aromatic carbocycles. The van der Waals surface area contributed by atoms with E-state index >= 15 is 0 Å². The lowest BCUT2D eigenvalue weighted by molar-refractivity contribution is 0.0528. The Bertz CT molecular complexity index is 1340. The topological polar surface area (TPSA) is 90.3 Å². The molecule has 0 spiro atoms. The molecule has 0 fully saturated rings. The molecule has 0 atom stereocenters. The number of hydrogen-bond donors (Lipinski definition) is 2. The zero-order chi connectivity index (χ0) is 24.4. The van der Waals surface area contributed by atoms with Crippen molar-refractivity contribution >= 4 is 39.8 Å². The molecule has 3 aromatic heterocycles. The number of alkyl carbamates (subject to hydrolysis) is 1. The van der Waals surface area contributed by atoms with Crippen LogP contribution in [0.4, 0.5) is 16.3 Å². The lowest BCUT2D eigenvalue weighted by atomic mass is 10.1. The smallest absolute Gasteiger partial charge is 0.407 e. The van der Waals surface area contributed by atoms with Crippen molar-refractivity contribution in [3.63, 3.8) is 0 Å². The number of rotatable bonds is 6. The molecular formula is C26H29N5O3S. The summed E-state index contributed by atoms with van der Waals surface area (Å²) < 4.78 is 13.1. The van der Waals surface area contributed by atoms with Gasteiger partial charge in [0.25, 0.3) is 0 Å². The fourth-order valence-electron chi connectivity index (χ4n) is 4.13. The van der Waals surface area contributed by atoms with Crippen molar-refractivity contribution in [1.82, 2.24) is 19.9 Å². The van der Waals surface area contributed by atoms with Crippen LogP contribution in [0.15, 0.2) is 47.3 Å². The third-order valence-electron chi connectivity index (χ3n) is 5.67. The Kier molecular flexibility index (Phi) is 6.44. The van der Waals surface area contributed by atoms with Gasteiger partial charge in [0, 0.05) is 35.5 Å². The fraction of sp³-hybridized carbons (Fsp3) is 0.346. The van der Waals surface area contributed by atoms with Crippen LogP contribution in [0.1, 0.15) is 37.6 Å². The summed E-state index contributed by atoms with van der Waals surface area (Å²) in [5.41, 5.74) is 4.61. The van der Waals surface area contributed by atoms with E-state index in [1.165, 1.54) is 0 Å². The van der Waals surface area contributed by atoms with Gasteiger partial charge in [-0.1, -0.05) is 18.2 Å². The van der Waals surface area contributed by atoms with Crippen LogP contribution >= 0.6 is 11.3 Å². The second kappa shape index (κ2) is 9.67. The molecule has 0 saturated carbocycles. The average molecular weight is 492 g/mol. The number of thiophene rings is 1. The molecule has 4 aromatic rings. The molecular weight excluding hydrogens is 462 g/mol. The monoisotopic (exact) mass is 491 g/mol. The molecule has 0 aliphatic carbocycles. The highest BCUT2D eigenvalue weighted by molar-refractivity contribution is 7.08. The summed E-state index contributed by atoms with van der Waals surface area (Å²) >= 11 is 1.63. The quantitative estimate of drug-likeness (QED) is 0.377. The summed E-state index contributed by atoms with van der Waals surface area (Å²) in [7, 11) is 0. The minimum Gasteiger partial charge on any atom is -0.444 e. The minimum atomic E-state index is -0.524. The fourth-order valence-corrected chi connectivity index (χ4v) is 4.72. The van der Waals surface area contributed by atoms with Crippen molar-refractivity contribution in [2.45, 2.75) is 45.8 Å². The van der Waals surface area contributed by atoms with Crippen LogP contribution in [0.5, 0.6) is 0 Å². The number of anilines is 2. The Hall–Kier alpha value is -3.43. The standard InChI is InChI=1S/C26H29N5O3S/c1-26(2,3)34-25(32)27-11-8-17-14-31(22-7-5-4-6-19(17)22)24-29-21-9-12-33-15-20(21)23(30-24)28-18-10-13-35-16-18/h4-7,10,13-14,16H,8-9,11-12,15H2,1-3H3,(H,27,32)(H,28,29,30). The summed E-state index contributed by atoms with van der Waals surface area (Å²) in [5, 5.41) is 11.5. The maximum absolute atomic E-state index is 12.1. The van der Waals surface area contributed by atoms with Crippen LogP contribution in [-0.4, -0.2) is 39.4 Å². The van der Waals surface area contributed by atoms with Gasteiger partial charge in [-0.05, 0) is 50.3 Å². The third kappa shape index (κ3) is 5.31. The van der Waals surface area contributed by atoms with Crippen molar-refractivity contribution in [1.29, 1.82) is 0 Å². The zero-order valence-electron chi connectivity index (χ0n) is 20.1. The highest BCUT2D eigenvalue weighted by atomic mass is 32.1. The highest BCUT2D eigenvalue weighted by Gasteiger charge is 2.21. The van der Waals surface area contributed by atoms with Gasteiger partial charge >= 0.3 is 6.09 Å². The Morgan fingerprint density at radius 1 is 1.23 bits per heavy atom. The van der Waals surface area contributed by atoms with Gasteiger partial charge < -0.3 is 20.1 Å². The molecule has 2 N–H and O–H groups in total. The highest BCUT2D eigenvalue weighted by Crippen LogP contribution is 2.29. The first kappa shape index (κ1) is 23.3. The number of fused-ring (bicyclic) bond motifs is 2. The summed E-state index contributed by atoms with van der Waals surface area (Å²) in [6.45, 7) is 7.17. The first-order valence-electron chi connectivity index (χ1n) is 11.7. The van der Waals surface area contributed by atoms with Gasteiger partial charge in [-0.2, -0.15) is 16.3 Å². The zero-order valence-corrected chi connectivity index (χ0v) is 20.9. The van der Waals surface area contributed by atoms with Crippen molar-refractivity contribution in [3.8, 4) is 5.95 Å². The number of para-hydroxylation sites is 1. The molecule has 5 rings (SSSR count). The molecule has 0 bridgehead atoms. The van der Waals surface area contributed by atoms with Crippen LogP contribution in [0.25, 0.3) is 16.9 Å². The van der Waals surface area contributed by atoms with E-state index in [2.05, 4.69) is 34.3 Å². The van der Waals surface area contributed by atoms with Gasteiger partial charge in [0.1, 0.15) is 11.4 Å². The van der Waals surface area contributed by atoms with E-state index in [1.54, 1.807) is 11.3 Å². The molecule has 35 heavy (non-hydrogen) atoms. The van der Waals surface area contributed by atoms with Crippen LogP contribution < -0.4 is 10.6 Å². The van der Waals surface area contributed by atoms with Crippen LogP contribution in [0, 0.1) is 0 Å². The molecule has 8 nitrogen and oxygen atoms in total. The van der Waals surface area contributed by atoms with Crippen LogP contribution in [-0.2, 0) is 28.9 Å². The van der Waals surface area contributed by atoms with E-state index in [0.29, 0.717) is 32.1 Å². The lowest BCUT2D eigenvalue weighted by Gasteiger charge is -2.20. The van der Waals surface area contributed by atoms with Gasteiger partial charge in [-0.15, -0.1) is 0 Å². The second-order valence-corrected chi connectivity index (χ2v) is 10.2. The molecule has 182 valence electrons. The van der Waals surface area contributed by atoms with Gasteiger partial charge in [0.15, 0.2) is 0 Å². The summed E-state index contributed by atoms with van der Waals surface area (Å²) in [6.07, 6.45) is 3.06. The lowest BCUT2D eigenvalue weighted by Crippen LogP contribution is -2.33. The average Bonchev–Trinajstić information content (AvgIpc) is 3.46. The first-order chi connectivity index (χ1) is 16.9. The second-order valence-electron chi connectivity index (χ2n) is 9.46. The third-order valence-corrected chi connectivity index (χ3v) is 6.35. The molecule has 1 amide bonds. The molecule has 4 heterocycles. The van der Waals surface area contributed by atoms with Crippen molar-refractivity contribution in [3.05, 3.63) is 64.1 Å². The largest absolute Gasteiger partial charge is 0.444 e. The molecule has 0 unspecified atom stereocenters. The SMILES string of the molecule is CC(C)(C)OC(=O)NCCc1cn(-c2nc3c(c(Nc4ccsc4)n2)COCC3)c2ccccc12. The van der Waals surface area contributed by atoms with Gasteiger partial charge in [0.05, 0.1) is 30.1 Å². The van der Waals surface area contributed by atoms with Crippen molar-refractivity contribution in [2.24, 2.45) is 0 Å². The Balaban J connectivity index is 1.46. The number of amides is 1. The van der Waals surface area contributed by atoms with E-state index in [4.69, 9.17) is 19.4 Å². The molecule has 1 aliphatic rings. The van der Waals surface area contributed by atoms with Crippen LogP contribution in [0.3, 0.4) is 0 Å². The minimum absolute atomic E-state index is 0.411. The number of carbonyl (C=O) groups excluding carboxylic acids is 1. The molecule has 1 aliphatic heterocycles. The van der Waals surface area contributed by atoms with E-state index in [1.807, 2.05) is 48.9 Å². The summed E-state index contributed by atoms with van der Waals surface area (Å²) in [6, 6.07) is 10.2. The summed E-state index contributed by atoms with van der Waals surface area (Å²) in [5.74, 6) is 1.39. The molecule has 9 heteroatoms. The summed E-state index contributed by atoms with van der Waals surface area (Å²) in [4.78, 5) is 21.9. The molecule has 0 saturated heterocycles. The van der Waals surface area contributed by atoms with Gasteiger partial charge in [0.2, 0.25) is 5.95 Å². The predicted octanol–water partition coefficient (Wildman–Crippen LogP) is 5.37. The van der Waals surface area contributed by atoms with Crippen molar-refractivity contribution < 1.29 is 14.3 Å². The van der Waals surface area contributed by atoms with E-state index in [9.17, 15) is 4.79 Å². The Morgan fingerprint density at radius 2 is 2.09 bits per heavy atom. The number of aromatic nitrogens is 3. The van der Waals surface area contributed by atoms with E-state index < -0.39 is 11.7 Å².